The number of hydrogen-bond donors (Lipinski definition) is 0. The molecule has 3 aromatic heterocycles. The van der Waals surface area contributed by atoms with Crippen molar-refractivity contribution in [2.24, 2.45) is 0 Å². The van der Waals surface area contributed by atoms with Gasteiger partial charge in [-0.25, -0.2) is 9.20 Å². The average Bonchev–Trinajstić information content (AvgIpc) is 3.15. The summed E-state index contributed by atoms with van der Waals surface area (Å²) in [5.41, 5.74) is 3.19. The summed E-state index contributed by atoms with van der Waals surface area (Å²) < 4.78 is 2.80. The summed E-state index contributed by atoms with van der Waals surface area (Å²) in [7, 11) is 0. The minimum atomic E-state index is -1.15. The molecule has 1 aromatic carbocycles. The highest BCUT2D eigenvalue weighted by Crippen LogP contribution is 2.34. The van der Waals surface area contributed by atoms with Crippen molar-refractivity contribution in [3.05, 3.63) is 77.2 Å². The van der Waals surface area contributed by atoms with Gasteiger partial charge in [-0.1, -0.05) is 36.4 Å². The van der Waals surface area contributed by atoms with Crippen LogP contribution in [0.3, 0.4) is 0 Å². The molecule has 0 unspecified atom stereocenters. The molecule has 3 heterocycles. The predicted molar refractivity (Wildman–Crippen MR) is 111 cm³/mol. The monoisotopic (exact) mass is 398 g/mol. The summed E-state index contributed by atoms with van der Waals surface area (Å²) in [6.07, 6.45) is 2.92. The standard InChI is InChI=1S/C23H18N4O3/c28-18-10-6-11-19(29)23(18)27-20(30)13-12-16(24-27)21-17-9-4-5-14-26(17)25-22(21)15-7-2-1-3-8-15/h1-5,7-9,12-14,23H,6,10-11H2. The van der Waals surface area contributed by atoms with Gasteiger partial charge in [-0.3, -0.25) is 14.4 Å². The molecule has 148 valence electrons. The fourth-order valence-electron chi connectivity index (χ4n) is 3.96. The number of pyridine rings is 1. The van der Waals surface area contributed by atoms with Crippen LogP contribution in [0.5, 0.6) is 0 Å². The third kappa shape index (κ3) is 2.95. The SMILES string of the molecule is O=C1CCCC(=O)C1n1nc(-c2c(-c3ccccc3)nn3ccccc23)ccc1=O. The maximum atomic E-state index is 12.5. The molecule has 0 saturated heterocycles. The van der Waals surface area contributed by atoms with Gasteiger partial charge in [0.05, 0.1) is 16.8 Å². The van der Waals surface area contributed by atoms with Crippen LogP contribution in [-0.4, -0.2) is 31.0 Å². The van der Waals surface area contributed by atoms with Gasteiger partial charge in [-0.15, -0.1) is 0 Å². The van der Waals surface area contributed by atoms with E-state index in [0.29, 0.717) is 17.8 Å². The van der Waals surface area contributed by atoms with E-state index in [-0.39, 0.29) is 24.4 Å². The smallest absolute Gasteiger partial charge is 0.267 e. The van der Waals surface area contributed by atoms with Gasteiger partial charge in [0.25, 0.3) is 5.56 Å². The number of aromatic nitrogens is 4. The summed E-state index contributed by atoms with van der Waals surface area (Å²) >= 11 is 0. The van der Waals surface area contributed by atoms with E-state index in [0.717, 1.165) is 21.3 Å². The van der Waals surface area contributed by atoms with Crippen LogP contribution in [0.25, 0.3) is 28.0 Å². The lowest BCUT2D eigenvalue weighted by Crippen LogP contribution is -2.39. The lowest BCUT2D eigenvalue weighted by Gasteiger charge is -2.20. The highest BCUT2D eigenvalue weighted by atomic mass is 16.2. The number of rotatable bonds is 3. The van der Waals surface area contributed by atoms with Crippen LogP contribution in [0, 0.1) is 0 Å². The van der Waals surface area contributed by atoms with Crippen molar-refractivity contribution in [2.75, 3.05) is 0 Å². The Hall–Kier alpha value is -3.87. The van der Waals surface area contributed by atoms with E-state index >= 15 is 0 Å². The number of fused-ring (bicyclic) bond motifs is 1. The minimum Gasteiger partial charge on any atom is -0.297 e. The number of Topliss-reactive ketones (excluding diaryl/α,β-unsaturated/α-hetero) is 2. The van der Waals surface area contributed by atoms with Gasteiger partial charge in [0.15, 0.2) is 17.6 Å². The van der Waals surface area contributed by atoms with Crippen molar-refractivity contribution < 1.29 is 9.59 Å². The van der Waals surface area contributed by atoms with Crippen molar-refractivity contribution in [2.45, 2.75) is 25.3 Å². The Bertz CT molecular complexity index is 1320. The first kappa shape index (κ1) is 18.2. The van der Waals surface area contributed by atoms with Gasteiger partial charge in [0.1, 0.15) is 5.69 Å². The zero-order chi connectivity index (χ0) is 20.7. The normalized spacial score (nSPS) is 15.1. The largest absolute Gasteiger partial charge is 0.297 e. The third-order valence-electron chi connectivity index (χ3n) is 5.37. The van der Waals surface area contributed by atoms with Crippen LogP contribution in [0.2, 0.25) is 0 Å². The Morgan fingerprint density at radius 1 is 0.800 bits per heavy atom. The first-order valence-corrected chi connectivity index (χ1v) is 9.82. The van der Waals surface area contributed by atoms with Crippen LogP contribution in [0.4, 0.5) is 0 Å². The van der Waals surface area contributed by atoms with Crippen molar-refractivity contribution in [3.8, 4) is 22.5 Å². The number of carbonyl (C=O) groups is 2. The maximum Gasteiger partial charge on any atom is 0.267 e. The zero-order valence-corrected chi connectivity index (χ0v) is 16.1. The fourth-order valence-corrected chi connectivity index (χ4v) is 3.96. The third-order valence-corrected chi connectivity index (χ3v) is 5.37. The second kappa shape index (κ2) is 7.18. The fraction of sp³-hybridized carbons (Fsp3) is 0.174. The molecule has 30 heavy (non-hydrogen) atoms. The Kier molecular flexibility index (Phi) is 4.35. The van der Waals surface area contributed by atoms with E-state index in [4.69, 9.17) is 5.10 Å². The highest BCUT2D eigenvalue weighted by molar-refractivity contribution is 6.06. The van der Waals surface area contributed by atoms with Gasteiger partial charge >= 0.3 is 0 Å². The molecule has 1 saturated carbocycles. The first-order chi connectivity index (χ1) is 14.6. The Balaban J connectivity index is 1.75. The number of carbonyl (C=O) groups excluding carboxylic acids is 2. The summed E-state index contributed by atoms with van der Waals surface area (Å²) in [4.78, 5) is 37.4. The predicted octanol–water partition coefficient (Wildman–Crippen LogP) is 3.09. The number of ketones is 2. The zero-order valence-electron chi connectivity index (χ0n) is 16.1. The number of hydrogen-bond acceptors (Lipinski definition) is 5. The Morgan fingerprint density at radius 3 is 2.30 bits per heavy atom. The lowest BCUT2D eigenvalue weighted by atomic mass is 9.93. The van der Waals surface area contributed by atoms with E-state index in [9.17, 15) is 14.4 Å². The van der Waals surface area contributed by atoms with E-state index in [1.165, 1.54) is 6.07 Å². The molecule has 0 aliphatic heterocycles. The van der Waals surface area contributed by atoms with E-state index < -0.39 is 11.6 Å². The summed E-state index contributed by atoms with van der Waals surface area (Å²) in [5.74, 6) is -0.526. The van der Waals surface area contributed by atoms with Gasteiger partial charge < -0.3 is 0 Å². The molecular weight excluding hydrogens is 380 g/mol. The molecule has 0 bridgehead atoms. The van der Waals surface area contributed by atoms with Gasteiger partial charge in [-0.05, 0) is 24.6 Å². The molecule has 0 atom stereocenters. The molecule has 1 aliphatic rings. The van der Waals surface area contributed by atoms with Gasteiger partial charge in [0.2, 0.25) is 0 Å². The molecule has 0 amide bonds. The van der Waals surface area contributed by atoms with Gasteiger partial charge in [0, 0.05) is 30.7 Å². The van der Waals surface area contributed by atoms with Gasteiger partial charge in [-0.2, -0.15) is 10.2 Å². The first-order valence-electron chi connectivity index (χ1n) is 9.82. The number of nitrogens with zero attached hydrogens (tertiary/aromatic N) is 4. The topological polar surface area (TPSA) is 86.3 Å². The molecule has 5 rings (SSSR count). The second-order valence-electron chi connectivity index (χ2n) is 7.31. The summed E-state index contributed by atoms with van der Waals surface area (Å²) in [5, 5.41) is 9.19. The molecular formula is C23H18N4O3. The second-order valence-corrected chi connectivity index (χ2v) is 7.31. The molecule has 4 aromatic rings. The molecule has 0 radical (unpaired) electrons. The van der Waals surface area contributed by atoms with Crippen LogP contribution in [-0.2, 0) is 9.59 Å². The van der Waals surface area contributed by atoms with E-state index in [1.54, 1.807) is 10.6 Å². The van der Waals surface area contributed by atoms with Crippen LogP contribution >= 0.6 is 0 Å². The quantitative estimate of drug-likeness (QED) is 0.495. The van der Waals surface area contributed by atoms with Crippen LogP contribution < -0.4 is 5.56 Å². The molecule has 0 spiro atoms. The number of benzene rings is 1. The van der Waals surface area contributed by atoms with Crippen molar-refractivity contribution in [1.29, 1.82) is 0 Å². The molecule has 1 aliphatic carbocycles. The van der Waals surface area contributed by atoms with Crippen molar-refractivity contribution in [3.63, 3.8) is 0 Å². The highest BCUT2D eigenvalue weighted by Gasteiger charge is 2.33. The van der Waals surface area contributed by atoms with Crippen molar-refractivity contribution >= 4 is 17.1 Å². The van der Waals surface area contributed by atoms with E-state index in [2.05, 4.69) is 5.10 Å². The molecule has 0 N–H and O–H groups in total. The van der Waals surface area contributed by atoms with Crippen LogP contribution in [0.15, 0.2) is 71.7 Å². The molecule has 1 fully saturated rings. The average molecular weight is 398 g/mol. The summed E-state index contributed by atoms with van der Waals surface area (Å²) in [6.45, 7) is 0. The van der Waals surface area contributed by atoms with E-state index in [1.807, 2.05) is 54.7 Å². The van der Waals surface area contributed by atoms with Crippen molar-refractivity contribution in [1.82, 2.24) is 19.4 Å². The lowest BCUT2D eigenvalue weighted by molar-refractivity contribution is -0.135. The maximum absolute atomic E-state index is 12.5. The Labute approximate surface area is 171 Å². The molecule has 7 nitrogen and oxygen atoms in total. The molecule has 7 heteroatoms. The minimum absolute atomic E-state index is 0.263. The Morgan fingerprint density at radius 2 is 1.53 bits per heavy atom. The summed E-state index contributed by atoms with van der Waals surface area (Å²) in [6, 6.07) is 17.2. The van der Waals surface area contributed by atoms with Crippen LogP contribution in [0.1, 0.15) is 25.3 Å².